The lowest BCUT2D eigenvalue weighted by atomic mass is 9.98. The second-order valence-electron chi connectivity index (χ2n) is 9.82. The molecule has 0 heterocycles. The number of benzene rings is 2. The first-order valence-corrected chi connectivity index (χ1v) is 11.6. The van der Waals surface area contributed by atoms with E-state index in [1.807, 2.05) is 44.2 Å². The number of hydrogen-bond donors (Lipinski definition) is 2. The molecule has 0 aliphatic carbocycles. The Morgan fingerprint density at radius 1 is 1.00 bits per heavy atom. The minimum absolute atomic E-state index is 0.316. The van der Waals surface area contributed by atoms with Crippen LogP contribution in [0.1, 0.15) is 57.4 Å². The molecule has 2 unspecified atom stereocenters. The molecular weight excluding hydrogens is 442 g/mol. The van der Waals surface area contributed by atoms with E-state index in [0.717, 1.165) is 16.0 Å². The van der Waals surface area contributed by atoms with E-state index in [2.05, 4.69) is 16.7 Å². The number of nitrogens with one attached hydrogen (secondary N) is 2. The van der Waals surface area contributed by atoms with E-state index in [0.29, 0.717) is 11.3 Å². The van der Waals surface area contributed by atoms with Crippen LogP contribution in [0.3, 0.4) is 0 Å². The van der Waals surface area contributed by atoms with Crippen LogP contribution in [-0.2, 0) is 14.3 Å². The van der Waals surface area contributed by atoms with Crippen LogP contribution in [0.15, 0.2) is 48.5 Å². The average Bonchev–Trinajstić information content (AvgIpc) is 2.76. The van der Waals surface area contributed by atoms with E-state index >= 15 is 0 Å². The van der Waals surface area contributed by atoms with E-state index < -0.39 is 35.6 Å². The highest BCUT2D eigenvalue weighted by atomic mass is 16.6. The van der Waals surface area contributed by atoms with Crippen molar-refractivity contribution in [2.45, 2.75) is 66.2 Å². The van der Waals surface area contributed by atoms with Crippen LogP contribution < -0.4 is 10.6 Å². The Morgan fingerprint density at radius 2 is 1.60 bits per heavy atom. The summed E-state index contributed by atoms with van der Waals surface area (Å²) in [6.07, 6.45) is 5.07. The Bertz CT molecular complexity index is 1090. The first kappa shape index (κ1) is 27.5. The third kappa shape index (κ3) is 7.61. The molecular formula is C28H35N3O4. The highest BCUT2D eigenvalue weighted by Crippen LogP contribution is 2.26. The molecule has 0 fully saturated rings. The predicted molar refractivity (Wildman–Crippen MR) is 137 cm³/mol. The topological polar surface area (TPSA) is 87.7 Å². The summed E-state index contributed by atoms with van der Waals surface area (Å²) in [5.74, 6) is -1.36. The molecule has 7 heteroatoms. The molecule has 0 aliphatic rings. The first-order valence-electron chi connectivity index (χ1n) is 11.6. The number of terminal acetylenes is 1. The number of carbonyl (C=O) groups is 3. The molecule has 2 atom stereocenters. The van der Waals surface area contributed by atoms with Crippen LogP contribution in [0.4, 0.5) is 10.5 Å². The molecule has 2 aromatic rings. The summed E-state index contributed by atoms with van der Waals surface area (Å²) in [4.78, 5) is 40.7. The van der Waals surface area contributed by atoms with Crippen LogP contribution in [0, 0.1) is 32.2 Å². The number of anilines is 1. The molecule has 0 saturated carbocycles. The van der Waals surface area contributed by atoms with Crippen LogP contribution in [0.2, 0.25) is 0 Å². The Kier molecular flexibility index (Phi) is 9.07. The number of alkyl carbamates (subject to hydrolysis) is 1. The minimum Gasteiger partial charge on any atom is -0.444 e. The SMILES string of the molecule is C#CN(C(=O)C(NC(=O)OC(C)(C)C)C(C)C)C(C(=O)Nc1ccccc1C)c1ccc(C)cc1. The highest BCUT2D eigenvalue weighted by molar-refractivity contribution is 6.00. The fraction of sp³-hybridized carbons (Fsp3) is 0.393. The highest BCUT2D eigenvalue weighted by Gasteiger charge is 2.37. The zero-order chi connectivity index (χ0) is 26.3. The molecule has 0 spiro atoms. The normalized spacial score (nSPS) is 12.8. The van der Waals surface area contributed by atoms with E-state index in [4.69, 9.17) is 11.2 Å². The van der Waals surface area contributed by atoms with Crippen molar-refractivity contribution in [3.63, 3.8) is 0 Å². The van der Waals surface area contributed by atoms with E-state index in [-0.39, 0.29) is 5.92 Å². The fourth-order valence-electron chi connectivity index (χ4n) is 3.44. The molecule has 0 saturated heterocycles. The van der Waals surface area contributed by atoms with Crippen molar-refractivity contribution in [2.24, 2.45) is 5.92 Å². The number of para-hydroxylation sites is 1. The standard InChI is InChI=1S/C28H35N3O4/c1-9-31(26(33)23(18(2)3)30-27(34)35-28(6,7)8)24(21-16-14-19(4)15-17-21)25(32)29-22-13-11-10-12-20(22)5/h1,10-18,23-24H,2-8H3,(H,29,32)(H,30,34). The van der Waals surface area contributed by atoms with Gasteiger partial charge in [0.15, 0.2) is 0 Å². The molecule has 2 rings (SSSR count). The van der Waals surface area contributed by atoms with Crippen molar-refractivity contribution < 1.29 is 19.1 Å². The summed E-state index contributed by atoms with van der Waals surface area (Å²) in [5, 5.41) is 5.51. The molecule has 3 amide bonds. The van der Waals surface area contributed by atoms with Crippen LogP contribution in [-0.4, -0.2) is 34.5 Å². The van der Waals surface area contributed by atoms with E-state index in [1.165, 1.54) is 0 Å². The number of rotatable bonds is 7. The van der Waals surface area contributed by atoms with Gasteiger partial charge in [-0.2, -0.15) is 0 Å². The molecule has 0 bridgehead atoms. The first-order chi connectivity index (χ1) is 16.3. The zero-order valence-electron chi connectivity index (χ0n) is 21.5. The second kappa shape index (κ2) is 11.6. The summed E-state index contributed by atoms with van der Waals surface area (Å²) in [7, 11) is 0. The molecule has 0 aliphatic heterocycles. The number of aryl methyl sites for hydroxylation is 2. The van der Waals surface area contributed by atoms with Gasteiger partial charge < -0.3 is 15.4 Å². The van der Waals surface area contributed by atoms with E-state index in [9.17, 15) is 14.4 Å². The van der Waals surface area contributed by atoms with Gasteiger partial charge in [0.1, 0.15) is 17.7 Å². The largest absolute Gasteiger partial charge is 0.444 e. The zero-order valence-corrected chi connectivity index (χ0v) is 21.5. The maximum Gasteiger partial charge on any atom is 0.408 e. The van der Waals surface area contributed by atoms with Crippen molar-refractivity contribution in [3.8, 4) is 12.5 Å². The van der Waals surface area contributed by atoms with Gasteiger partial charge in [-0.1, -0.05) is 68.3 Å². The molecule has 7 nitrogen and oxygen atoms in total. The van der Waals surface area contributed by atoms with Crippen molar-refractivity contribution in [1.82, 2.24) is 10.2 Å². The third-order valence-corrected chi connectivity index (χ3v) is 5.28. The van der Waals surface area contributed by atoms with Gasteiger partial charge in [0.25, 0.3) is 11.8 Å². The summed E-state index contributed by atoms with van der Waals surface area (Å²) < 4.78 is 5.33. The fourth-order valence-corrected chi connectivity index (χ4v) is 3.44. The van der Waals surface area contributed by atoms with Crippen molar-refractivity contribution in [1.29, 1.82) is 0 Å². The molecule has 35 heavy (non-hydrogen) atoms. The molecule has 2 aromatic carbocycles. The smallest absolute Gasteiger partial charge is 0.408 e. The Balaban J connectivity index is 2.45. The summed E-state index contributed by atoms with van der Waals surface area (Å²) in [6, 6.07) is 14.8. The number of hydrogen-bond acceptors (Lipinski definition) is 4. The number of nitrogens with zero attached hydrogens (tertiary/aromatic N) is 1. The summed E-state index contributed by atoms with van der Waals surface area (Å²) >= 11 is 0. The summed E-state index contributed by atoms with van der Waals surface area (Å²) in [6.45, 7) is 12.6. The minimum atomic E-state index is -1.12. The van der Waals surface area contributed by atoms with Crippen molar-refractivity contribution in [2.75, 3.05) is 5.32 Å². The van der Waals surface area contributed by atoms with Gasteiger partial charge in [-0.25, -0.2) is 4.79 Å². The molecule has 0 radical (unpaired) electrons. The summed E-state index contributed by atoms with van der Waals surface area (Å²) in [5.41, 5.74) is 2.29. The predicted octanol–water partition coefficient (Wildman–Crippen LogP) is 4.95. The van der Waals surface area contributed by atoms with Gasteiger partial charge in [-0.15, -0.1) is 0 Å². The lowest BCUT2D eigenvalue weighted by Gasteiger charge is -2.32. The van der Waals surface area contributed by atoms with Crippen molar-refractivity contribution >= 4 is 23.6 Å². The molecule has 0 aromatic heterocycles. The Morgan fingerprint density at radius 3 is 2.11 bits per heavy atom. The lowest BCUT2D eigenvalue weighted by molar-refractivity contribution is -0.137. The van der Waals surface area contributed by atoms with Gasteiger partial charge in [-0.3, -0.25) is 14.5 Å². The van der Waals surface area contributed by atoms with Gasteiger partial charge >= 0.3 is 6.09 Å². The van der Waals surface area contributed by atoms with Gasteiger partial charge in [-0.05, 0) is 57.7 Å². The second-order valence-corrected chi connectivity index (χ2v) is 9.82. The van der Waals surface area contributed by atoms with Gasteiger partial charge in [0.2, 0.25) is 0 Å². The average molecular weight is 478 g/mol. The van der Waals surface area contributed by atoms with Crippen LogP contribution in [0.5, 0.6) is 0 Å². The maximum absolute atomic E-state index is 13.7. The maximum atomic E-state index is 13.7. The quantitative estimate of drug-likeness (QED) is 0.436. The van der Waals surface area contributed by atoms with Crippen molar-refractivity contribution in [3.05, 3.63) is 65.2 Å². The van der Waals surface area contributed by atoms with Gasteiger partial charge in [0.05, 0.1) is 0 Å². The third-order valence-electron chi connectivity index (χ3n) is 5.28. The van der Waals surface area contributed by atoms with Gasteiger partial charge in [0, 0.05) is 11.7 Å². The number of ether oxygens (including phenoxy) is 1. The Labute approximate surface area is 208 Å². The lowest BCUT2D eigenvalue weighted by Crippen LogP contribution is -2.53. The van der Waals surface area contributed by atoms with Crippen LogP contribution in [0.25, 0.3) is 0 Å². The number of carbonyl (C=O) groups excluding carboxylic acids is 3. The molecule has 2 N–H and O–H groups in total. The van der Waals surface area contributed by atoms with Crippen LogP contribution >= 0.6 is 0 Å². The van der Waals surface area contributed by atoms with E-state index in [1.54, 1.807) is 52.8 Å². The molecule has 186 valence electrons. The monoisotopic (exact) mass is 477 g/mol. The number of amides is 3. The Hall–Kier alpha value is -3.79.